The maximum atomic E-state index is 12.5. The highest BCUT2D eigenvalue weighted by Gasteiger charge is 2.32. The summed E-state index contributed by atoms with van der Waals surface area (Å²) in [6.07, 6.45) is 4.57. The lowest BCUT2D eigenvalue weighted by molar-refractivity contribution is 0.0876. The number of carbonyl (C=O) groups excluding carboxylic acids is 1. The minimum atomic E-state index is 0.0666. The molecule has 2 rings (SSSR count). The summed E-state index contributed by atoms with van der Waals surface area (Å²) in [7, 11) is 0. The van der Waals surface area contributed by atoms with Crippen LogP contribution in [0.5, 0.6) is 0 Å². The van der Waals surface area contributed by atoms with Crippen molar-refractivity contribution in [3.05, 3.63) is 47.5 Å². The Hall–Kier alpha value is -1.37. The van der Waals surface area contributed by atoms with Crippen LogP contribution in [0.1, 0.15) is 50.9 Å². The number of allylic oxidation sites excluding steroid dienone is 2. The number of hydrogen-bond donors (Lipinski definition) is 0. The second-order valence-corrected chi connectivity index (χ2v) is 6.74. The molecule has 0 spiro atoms. The highest BCUT2D eigenvalue weighted by Crippen LogP contribution is 2.41. The summed E-state index contributed by atoms with van der Waals surface area (Å²) in [4.78, 5) is 12.5. The van der Waals surface area contributed by atoms with Gasteiger partial charge in [0.1, 0.15) is 0 Å². The first kappa shape index (κ1) is 14.0. The second-order valence-electron chi connectivity index (χ2n) is 6.74. The van der Waals surface area contributed by atoms with E-state index >= 15 is 0 Å². The van der Waals surface area contributed by atoms with Gasteiger partial charge in [0.15, 0.2) is 5.78 Å². The molecule has 1 unspecified atom stereocenters. The van der Waals surface area contributed by atoms with E-state index in [0.29, 0.717) is 11.3 Å². The lowest BCUT2D eigenvalue weighted by atomic mass is 9.69. The molecule has 0 saturated carbocycles. The molecule has 1 nitrogen and oxygen atoms in total. The summed E-state index contributed by atoms with van der Waals surface area (Å²) in [6.45, 7) is 8.87. The molecule has 1 aromatic carbocycles. The third-order valence-corrected chi connectivity index (χ3v) is 4.16. The number of Topliss-reactive ketones (excluding diaryl/α,β-unsaturated/α-hetero) is 1. The van der Waals surface area contributed by atoms with Gasteiger partial charge in [0.2, 0.25) is 0 Å². The van der Waals surface area contributed by atoms with Crippen molar-refractivity contribution in [3.63, 3.8) is 0 Å². The predicted molar refractivity (Wildman–Crippen MR) is 80.2 cm³/mol. The molecule has 0 radical (unpaired) electrons. The molecule has 102 valence electrons. The Morgan fingerprint density at radius 1 is 1.26 bits per heavy atom. The summed E-state index contributed by atoms with van der Waals surface area (Å²) >= 11 is 0. The van der Waals surface area contributed by atoms with E-state index in [1.165, 1.54) is 5.57 Å². The van der Waals surface area contributed by atoms with E-state index in [4.69, 9.17) is 0 Å². The van der Waals surface area contributed by atoms with Crippen molar-refractivity contribution in [2.75, 3.05) is 0 Å². The number of ketones is 1. The standard InChI is InChI=1S/C18H24O/c1-13-10-16(12-18(3,4)11-13)14(2)17(19)15-8-6-5-7-9-15/h5-10,14,16H,11-12H2,1-4H3/t14-,16?/m1/s1. The fraction of sp³-hybridized carbons (Fsp3) is 0.500. The van der Waals surface area contributed by atoms with Crippen LogP contribution < -0.4 is 0 Å². The van der Waals surface area contributed by atoms with Crippen LogP contribution in [0.2, 0.25) is 0 Å². The SMILES string of the molecule is CC1=CC([C@@H](C)C(=O)c2ccccc2)CC(C)(C)C1. The van der Waals surface area contributed by atoms with Crippen molar-refractivity contribution in [3.8, 4) is 0 Å². The maximum absolute atomic E-state index is 12.5. The number of hydrogen-bond acceptors (Lipinski definition) is 1. The van der Waals surface area contributed by atoms with Crippen LogP contribution in [0.25, 0.3) is 0 Å². The summed E-state index contributed by atoms with van der Waals surface area (Å²) in [5.74, 6) is 0.709. The Bertz CT molecular complexity index is 482. The van der Waals surface area contributed by atoms with Gasteiger partial charge < -0.3 is 0 Å². The van der Waals surface area contributed by atoms with Gasteiger partial charge in [0.25, 0.3) is 0 Å². The molecule has 1 heteroatoms. The molecule has 0 amide bonds. The number of carbonyl (C=O) groups is 1. The third kappa shape index (κ3) is 3.34. The van der Waals surface area contributed by atoms with Gasteiger partial charge in [-0.25, -0.2) is 0 Å². The minimum absolute atomic E-state index is 0.0666. The Balaban J connectivity index is 2.18. The second kappa shape index (κ2) is 5.32. The van der Waals surface area contributed by atoms with E-state index in [1.807, 2.05) is 30.3 Å². The van der Waals surface area contributed by atoms with Gasteiger partial charge >= 0.3 is 0 Å². The lowest BCUT2D eigenvalue weighted by Gasteiger charge is -2.36. The maximum Gasteiger partial charge on any atom is 0.166 e. The van der Waals surface area contributed by atoms with Crippen LogP contribution in [0.15, 0.2) is 42.0 Å². The highest BCUT2D eigenvalue weighted by atomic mass is 16.1. The van der Waals surface area contributed by atoms with Crippen molar-refractivity contribution in [1.29, 1.82) is 0 Å². The van der Waals surface area contributed by atoms with E-state index in [9.17, 15) is 4.79 Å². The molecule has 0 aromatic heterocycles. The topological polar surface area (TPSA) is 17.1 Å². The molecule has 1 aliphatic carbocycles. The minimum Gasteiger partial charge on any atom is -0.294 e. The molecule has 1 aliphatic rings. The van der Waals surface area contributed by atoms with E-state index < -0.39 is 0 Å². The van der Waals surface area contributed by atoms with Gasteiger partial charge in [0.05, 0.1) is 0 Å². The van der Waals surface area contributed by atoms with Crippen LogP contribution in [-0.4, -0.2) is 5.78 Å². The van der Waals surface area contributed by atoms with E-state index in [1.54, 1.807) is 0 Å². The van der Waals surface area contributed by atoms with Crippen LogP contribution in [0.3, 0.4) is 0 Å². The first-order valence-corrected chi connectivity index (χ1v) is 7.16. The van der Waals surface area contributed by atoms with E-state index in [2.05, 4.69) is 33.8 Å². The largest absolute Gasteiger partial charge is 0.294 e. The summed E-state index contributed by atoms with van der Waals surface area (Å²) in [5.41, 5.74) is 2.58. The van der Waals surface area contributed by atoms with Crippen LogP contribution >= 0.6 is 0 Å². The molecule has 19 heavy (non-hydrogen) atoms. The van der Waals surface area contributed by atoms with Gasteiger partial charge in [-0.05, 0) is 31.1 Å². The molecule has 2 atom stereocenters. The van der Waals surface area contributed by atoms with Gasteiger partial charge in [-0.3, -0.25) is 4.79 Å². The van der Waals surface area contributed by atoms with E-state index in [-0.39, 0.29) is 11.7 Å². The quantitative estimate of drug-likeness (QED) is 0.556. The van der Waals surface area contributed by atoms with Crippen LogP contribution in [-0.2, 0) is 0 Å². The van der Waals surface area contributed by atoms with Gasteiger partial charge in [-0.2, -0.15) is 0 Å². The molecule has 0 heterocycles. The molecule has 0 saturated heterocycles. The zero-order valence-corrected chi connectivity index (χ0v) is 12.4. The smallest absolute Gasteiger partial charge is 0.166 e. The monoisotopic (exact) mass is 256 g/mol. The zero-order chi connectivity index (χ0) is 14.0. The van der Waals surface area contributed by atoms with Gasteiger partial charge in [-0.15, -0.1) is 0 Å². The molecule has 0 N–H and O–H groups in total. The Labute approximate surface area is 116 Å². The third-order valence-electron chi connectivity index (χ3n) is 4.16. The molecular weight excluding hydrogens is 232 g/mol. The zero-order valence-electron chi connectivity index (χ0n) is 12.4. The Morgan fingerprint density at radius 2 is 1.89 bits per heavy atom. The van der Waals surface area contributed by atoms with Crippen molar-refractivity contribution in [2.45, 2.75) is 40.5 Å². The fourth-order valence-electron chi connectivity index (χ4n) is 3.33. The van der Waals surface area contributed by atoms with Gasteiger partial charge in [-0.1, -0.05) is 62.8 Å². The predicted octanol–water partition coefficient (Wildman–Crippen LogP) is 4.89. The van der Waals surface area contributed by atoms with Crippen LogP contribution in [0.4, 0.5) is 0 Å². The summed E-state index contributed by atoms with van der Waals surface area (Å²) < 4.78 is 0. The number of benzene rings is 1. The molecule has 0 fully saturated rings. The molecule has 0 aliphatic heterocycles. The molecule has 0 bridgehead atoms. The summed E-state index contributed by atoms with van der Waals surface area (Å²) in [6, 6.07) is 9.67. The molecule has 1 aromatic rings. The van der Waals surface area contributed by atoms with Crippen LogP contribution in [0, 0.1) is 17.3 Å². The van der Waals surface area contributed by atoms with Gasteiger partial charge in [0, 0.05) is 11.5 Å². The van der Waals surface area contributed by atoms with Crippen molar-refractivity contribution >= 4 is 5.78 Å². The first-order valence-electron chi connectivity index (χ1n) is 7.16. The first-order chi connectivity index (χ1) is 8.89. The van der Waals surface area contributed by atoms with Crippen molar-refractivity contribution in [2.24, 2.45) is 17.3 Å². The van der Waals surface area contributed by atoms with Crippen molar-refractivity contribution in [1.82, 2.24) is 0 Å². The Kier molecular flexibility index (Phi) is 3.93. The number of rotatable bonds is 3. The van der Waals surface area contributed by atoms with E-state index in [0.717, 1.165) is 18.4 Å². The summed E-state index contributed by atoms with van der Waals surface area (Å²) in [5, 5.41) is 0. The highest BCUT2D eigenvalue weighted by molar-refractivity contribution is 5.97. The Morgan fingerprint density at radius 3 is 2.47 bits per heavy atom. The molecular formula is C18H24O. The van der Waals surface area contributed by atoms with Crippen molar-refractivity contribution < 1.29 is 4.79 Å². The lowest BCUT2D eigenvalue weighted by Crippen LogP contribution is -2.29. The normalized spacial score (nSPS) is 23.6. The average molecular weight is 256 g/mol. The fourth-order valence-corrected chi connectivity index (χ4v) is 3.33. The average Bonchev–Trinajstić information content (AvgIpc) is 2.35.